The third-order valence-corrected chi connectivity index (χ3v) is 4.45. The van der Waals surface area contributed by atoms with Crippen LogP contribution < -0.4 is 16.2 Å². The van der Waals surface area contributed by atoms with Crippen molar-refractivity contribution in [2.75, 3.05) is 30.3 Å². The predicted octanol–water partition coefficient (Wildman–Crippen LogP) is -0.780. The summed E-state index contributed by atoms with van der Waals surface area (Å²) in [4.78, 5) is 40.9. The van der Waals surface area contributed by atoms with Crippen LogP contribution in [0.1, 0.15) is 0 Å². The Morgan fingerprint density at radius 1 is 1.36 bits per heavy atom. The fourth-order valence-electron chi connectivity index (χ4n) is 2.27. The molecule has 2 heterocycles. The number of rotatable bonds is 2. The number of aromatic nitrogens is 2. The normalized spacial score (nSPS) is 18.4. The number of piperazine rings is 1. The van der Waals surface area contributed by atoms with Gasteiger partial charge < -0.3 is 20.8 Å². The van der Waals surface area contributed by atoms with Crippen LogP contribution in [-0.2, 0) is 11.8 Å². The molecular weight excluding hydrogens is 409 g/mol. The first-order valence-corrected chi connectivity index (χ1v) is 7.31. The molecule has 0 aliphatic carbocycles. The summed E-state index contributed by atoms with van der Waals surface area (Å²) in [5.74, 6) is -0.971. The van der Waals surface area contributed by atoms with Gasteiger partial charge in [-0.25, -0.2) is 9.59 Å². The van der Waals surface area contributed by atoms with Crippen LogP contribution in [0, 0.1) is 3.57 Å². The van der Waals surface area contributed by atoms with E-state index in [1.165, 1.54) is 11.6 Å². The minimum atomic E-state index is -1.30. The number of amides is 1. The van der Waals surface area contributed by atoms with Crippen molar-refractivity contribution in [2.45, 2.75) is 6.04 Å². The van der Waals surface area contributed by atoms with Crippen LogP contribution in [0.2, 0.25) is 0 Å². The Kier molecular flexibility index (Phi) is 4.44. The van der Waals surface area contributed by atoms with Crippen LogP contribution in [0.5, 0.6) is 0 Å². The molecule has 1 saturated heterocycles. The van der Waals surface area contributed by atoms with Crippen LogP contribution >= 0.6 is 22.6 Å². The summed E-state index contributed by atoms with van der Waals surface area (Å²) in [5.41, 5.74) is 5.35. The summed E-state index contributed by atoms with van der Waals surface area (Å²) in [6, 6.07) is -1.23. The van der Waals surface area contributed by atoms with Crippen molar-refractivity contribution in [3.05, 3.63) is 13.9 Å². The van der Waals surface area contributed by atoms with Crippen LogP contribution in [0.25, 0.3) is 0 Å². The summed E-state index contributed by atoms with van der Waals surface area (Å²) in [7, 11) is 1.51. The Labute approximate surface area is 138 Å². The van der Waals surface area contributed by atoms with Crippen LogP contribution in [0.15, 0.2) is 4.79 Å². The highest BCUT2D eigenvalue weighted by Crippen LogP contribution is 2.19. The van der Waals surface area contributed by atoms with Gasteiger partial charge in [0.1, 0.15) is 15.4 Å². The standard InChI is InChI=1S/C11H14IN5O5/c1-15-8(18)6(12)7(13)14-10(15)16-2-3-17(11(21)22)5(4-16)9(19)20/h5H,2-4,13H2,1H3,(H,19,20)(H,21,22). The number of aliphatic carboxylic acids is 1. The second-order valence-electron chi connectivity index (χ2n) is 4.75. The number of nitrogens with zero attached hydrogens (tertiary/aromatic N) is 4. The highest BCUT2D eigenvalue weighted by Gasteiger charge is 2.36. The summed E-state index contributed by atoms with van der Waals surface area (Å²) in [6.45, 7) is 0.104. The van der Waals surface area contributed by atoms with E-state index >= 15 is 0 Å². The fraction of sp³-hybridized carbons (Fsp3) is 0.455. The number of anilines is 2. The van der Waals surface area contributed by atoms with E-state index in [-0.39, 0.29) is 40.5 Å². The number of carboxylic acid groups (broad SMARTS) is 2. The molecule has 120 valence electrons. The lowest BCUT2D eigenvalue weighted by Crippen LogP contribution is -2.59. The summed E-state index contributed by atoms with van der Waals surface area (Å²) < 4.78 is 1.55. The van der Waals surface area contributed by atoms with Gasteiger partial charge in [-0.3, -0.25) is 14.3 Å². The molecule has 1 amide bonds. The monoisotopic (exact) mass is 423 g/mol. The second-order valence-corrected chi connectivity index (χ2v) is 5.83. The number of nitrogens with two attached hydrogens (primary N) is 1. The maximum atomic E-state index is 12.0. The molecule has 11 heteroatoms. The maximum absolute atomic E-state index is 12.0. The van der Waals surface area contributed by atoms with Crippen molar-refractivity contribution < 1.29 is 19.8 Å². The molecule has 1 aliphatic rings. The van der Waals surface area contributed by atoms with Crippen molar-refractivity contribution in [1.29, 1.82) is 0 Å². The molecule has 2 rings (SSSR count). The number of carboxylic acids is 1. The fourth-order valence-corrected chi connectivity index (χ4v) is 2.75. The maximum Gasteiger partial charge on any atom is 0.408 e. The summed E-state index contributed by atoms with van der Waals surface area (Å²) in [6.07, 6.45) is -1.30. The van der Waals surface area contributed by atoms with Gasteiger partial charge in [-0.1, -0.05) is 0 Å². The minimum absolute atomic E-state index is 0.00589. The predicted molar refractivity (Wildman–Crippen MR) is 85.0 cm³/mol. The molecule has 0 radical (unpaired) electrons. The Balaban J connectivity index is 2.38. The number of hydrogen-bond donors (Lipinski definition) is 3. The quantitative estimate of drug-likeness (QED) is 0.526. The van der Waals surface area contributed by atoms with Crippen LogP contribution in [0.3, 0.4) is 0 Å². The lowest BCUT2D eigenvalue weighted by molar-refractivity contribution is -0.142. The largest absolute Gasteiger partial charge is 0.480 e. The summed E-state index contributed by atoms with van der Waals surface area (Å²) >= 11 is 1.79. The third kappa shape index (κ3) is 2.80. The molecule has 0 saturated carbocycles. The van der Waals surface area contributed by atoms with E-state index in [4.69, 9.17) is 10.8 Å². The second kappa shape index (κ2) is 5.98. The number of halogens is 1. The number of carbonyl (C=O) groups is 2. The van der Waals surface area contributed by atoms with Crippen molar-refractivity contribution in [1.82, 2.24) is 14.5 Å². The molecule has 0 aromatic carbocycles. The van der Waals surface area contributed by atoms with Crippen molar-refractivity contribution in [2.24, 2.45) is 7.05 Å². The molecule has 0 bridgehead atoms. The van der Waals surface area contributed by atoms with E-state index in [2.05, 4.69) is 4.98 Å². The topological polar surface area (TPSA) is 142 Å². The highest BCUT2D eigenvalue weighted by atomic mass is 127. The van der Waals surface area contributed by atoms with Crippen molar-refractivity contribution in [3.8, 4) is 0 Å². The first kappa shape index (κ1) is 16.3. The zero-order valence-corrected chi connectivity index (χ0v) is 13.7. The molecular formula is C11H14IN5O5. The average Bonchev–Trinajstić information content (AvgIpc) is 2.48. The molecule has 1 atom stereocenters. The van der Waals surface area contributed by atoms with Crippen LogP contribution in [0.4, 0.5) is 16.6 Å². The van der Waals surface area contributed by atoms with Crippen molar-refractivity contribution >= 4 is 46.4 Å². The molecule has 0 spiro atoms. The van der Waals surface area contributed by atoms with Gasteiger partial charge in [-0.15, -0.1) is 0 Å². The van der Waals surface area contributed by atoms with Gasteiger partial charge in [0.25, 0.3) is 5.56 Å². The number of nitrogen functional groups attached to an aromatic ring is 1. The first-order valence-electron chi connectivity index (χ1n) is 6.23. The average molecular weight is 423 g/mol. The zero-order valence-electron chi connectivity index (χ0n) is 11.6. The Bertz CT molecular complexity index is 690. The van der Waals surface area contributed by atoms with Gasteiger partial charge in [0, 0.05) is 20.1 Å². The first-order chi connectivity index (χ1) is 10.2. The molecule has 10 nitrogen and oxygen atoms in total. The third-order valence-electron chi connectivity index (χ3n) is 3.43. The number of hydrogen-bond acceptors (Lipinski definition) is 6. The van der Waals surface area contributed by atoms with Gasteiger partial charge in [-0.2, -0.15) is 4.98 Å². The van der Waals surface area contributed by atoms with Gasteiger partial charge in [-0.05, 0) is 22.6 Å². The zero-order chi connectivity index (χ0) is 16.6. The SMILES string of the molecule is Cn1c(N2CCN(C(=O)O)C(C(=O)O)C2)nc(N)c(I)c1=O. The van der Waals surface area contributed by atoms with Gasteiger partial charge in [0.05, 0.1) is 6.54 Å². The molecule has 1 aromatic heterocycles. The molecule has 4 N–H and O–H groups in total. The van der Waals surface area contributed by atoms with Crippen LogP contribution in [-0.4, -0.2) is 62.4 Å². The van der Waals surface area contributed by atoms with E-state index in [0.29, 0.717) is 0 Å². The lowest BCUT2D eigenvalue weighted by atomic mass is 10.2. The highest BCUT2D eigenvalue weighted by molar-refractivity contribution is 14.1. The van der Waals surface area contributed by atoms with Crippen molar-refractivity contribution in [3.63, 3.8) is 0 Å². The Morgan fingerprint density at radius 2 is 2.00 bits per heavy atom. The minimum Gasteiger partial charge on any atom is -0.480 e. The molecule has 1 aromatic rings. The van der Waals surface area contributed by atoms with Gasteiger partial charge in [0.15, 0.2) is 0 Å². The van der Waals surface area contributed by atoms with E-state index in [9.17, 15) is 19.5 Å². The Hall–Kier alpha value is -2.05. The molecule has 1 aliphatic heterocycles. The smallest absolute Gasteiger partial charge is 0.408 e. The summed E-state index contributed by atoms with van der Waals surface area (Å²) in [5, 5.41) is 18.2. The van der Waals surface area contributed by atoms with Gasteiger partial charge >= 0.3 is 12.1 Å². The van der Waals surface area contributed by atoms with E-state index in [1.807, 2.05) is 0 Å². The molecule has 22 heavy (non-hydrogen) atoms. The Morgan fingerprint density at radius 3 is 2.55 bits per heavy atom. The van der Waals surface area contributed by atoms with Gasteiger partial charge in [0.2, 0.25) is 5.95 Å². The van der Waals surface area contributed by atoms with E-state index < -0.39 is 18.1 Å². The molecule has 1 unspecified atom stereocenters. The van der Waals surface area contributed by atoms with E-state index in [0.717, 1.165) is 4.90 Å². The van der Waals surface area contributed by atoms with E-state index in [1.54, 1.807) is 27.5 Å². The molecule has 1 fully saturated rings. The lowest BCUT2D eigenvalue weighted by Gasteiger charge is -2.38.